The largest absolute Gasteiger partial charge is 0.394 e. The van der Waals surface area contributed by atoms with Gasteiger partial charge in [0.05, 0.1) is 17.5 Å². The van der Waals surface area contributed by atoms with Gasteiger partial charge in [-0.15, -0.1) is 0 Å². The van der Waals surface area contributed by atoms with E-state index in [0.717, 1.165) is 5.69 Å². The number of H-pyrrole nitrogens is 1. The number of nitrogens with zero attached hydrogens (tertiary/aromatic N) is 1. The van der Waals surface area contributed by atoms with Crippen LogP contribution in [-0.4, -0.2) is 17.3 Å². The summed E-state index contributed by atoms with van der Waals surface area (Å²) in [4.78, 5) is 0. The molecule has 1 aromatic rings. The molecule has 0 aliphatic carbocycles. The molecular weight excluding hydrogens is 144 g/mol. The van der Waals surface area contributed by atoms with E-state index in [9.17, 15) is 0 Å². The van der Waals surface area contributed by atoms with Crippen molar-refractivity contribution in [2.24, 2.45) is 0 Å². The minimum absolute atomic E-state index is 0.0974. The van der Waals surface area contributed by atoms with Crippen LogP contribution in [0.15, 0.2) is 0 Å². The van der Waals surface area contributed by atoms with E-state index < -0.39 is 0 Å². The second-order valence-corrected chi connectivity index (χ2v) is 2.31. The van der Waals surface area contributed by atoms with Gasteiger partial charge in [0.1, 0.15) is 0 Å². The molecule has 5 N–H and O–H groups in total. The molecule has 0 amide bonds. The van der Waals surface area contributed by atoms with Gasteiger partial charge in [0.15, 0.2) is 5.82 Å². The summed E-state index contributed by atoms with van der Waals surface area (Å²) in [6.45, 7) is 1.86. The van der Waals surface area contributed by atoms with Gasteiger partial charge in [-0.2, -0.15) is 5.10 Å². The number of nitrogen functional groups attached to an aromatic ring is 2. The lowest BCUT2D eigenvalue weighted by Gasteiger charge is -2.06. The van der Waals surface area contributed by atoms with Crippen LogP contribution >= 0.6 is 0 Å². The Balaban J connectivity index is 2.94. The van der Waals surface area contributed by atoms with Gasteiger partial charge in [-0.05, 0) is 6.92 Å². The van der Waals surface area contributed by atoms with E-state index >= 15 is 0 Å². The van der Waals surface area contributed by atoms with Crippen LogP contribution < -0.4 is 11.5 Å². The molecule has 0 aliphatic rings. The van der Waals surface area contributed by atoms with Gasteiger partial charge < -0.3 is 16.2 Å². The van der Waals surface area contributed by atoms with E-state index in [4.69, 9.17) is 16.2 Å². The number of methoxy groups -OCH3 is 1. The Bertz CT molecular complexity index is 245. The van der Waals surface area contributed by atoms with Gasteiger partial charge in [0.2, 0.25) is 0 Å². The lowest BCUT2D eigenvalue weighted by atomic mass is 10.2. The third kappa shape index (κ3) is 1.27. The maximum absolute atomic E-state index is 5.58. The molecule has 0 bridgehead atoms. The summed E-state index contributed by atoms with van der Waals surface area (Å²) < 4.78 is 5.02. The fourth-order valence-corrected chi connectivity index (χ4v) is 0.807. The number of hydrogen-bond acceptors (Lipinski definition) is 4. The Labute approximate surface area is 64.7 Å². The number of anilines is 2. The van der Waals surface area contributed by atoms with Gasteiger partial charge in [-0.1, -0.05) is 0 Å². The summed E-state index contributed by atoms with van der Waals surface area (Å²) in [5.41, 5.74) is 12.2. The summed E-state index contributed by atoms with van der Waals surface area (Å²) in [6.07, 6.45) is -0.0974. The standard InChI is InChI=1S/C6H12N4O/c1-3(11-2)5-4(7)6(8)10-9-5/h3H,7H2,1-2H3,(H3,8,9,10). The fraction of sp³-hybridized carbons (Fsp3) is 0.500. The fourth-order valence-electron chi connectivity index (χ4n) is 0.807. The highest BCUT2D eigenvalue weighted by molar-refractivity contribution is 5.61. The van der Waals surface area contributed by atoms with Crippen molar-refractivity contribution in [2.75, 3.05) is 18.6 Å². The number of aromatic amines is 1. The van der Waals surface area contributed by atoms with Crippen LogP contribution in [-0.2, 0) is 4.74 Å². The quantitative estimate of drug-likeness (QED) is 0.573. The maximum atomic E-state index is 5.58. The molecule has 0 fully saturated rings. The minimum Gasteiger partial charge on any atom is -0.394 e. The smallest absolute Gasteiger partial charge is 0.168 e. The summed E-state index contributed by atoms with van der Waals surface area (Å²) in [5, 5.41) is 6.43. The molecular formula is C6H12N4O. The van der Waals surface area contributed by atoms with Crippen molar-refractivity contribution in [3.05, 3.63) is 5.69 Å². The SMILES string of the molecule is COC(C)c1[nH]nc(N)c1N. The average molecular weight is 156 g/mol. The molecule has 62 valence electrons. The van der Waals surface area contributed by atoms with Crippen molar-refractivity contribution in [2.45, 2.75) is 13.0 Å². The first-order chi connectivity index (χ1) is 5.16. The summed E-state index contributed by atoms with van der Waals surface area (Å²) in [5.74, 6) is 0.323. The zero-order valence-electron chi connectivity index (χ0n) is 6.59. The first-order valence-corrected chi connectivity index (χ1v) is 3.28. The second-order valence-electron chi connectivity index (χ2n) is 2.31. The number of hydrogen-bond donors (Lipinski definition) is 3. The molecule has 1 atom stereocenters. The molecule has 0 spiro atoms. The number of aromatic nitrogens is 2. The summed E-state index contributed by atoms with van der Waals surface area (Å²) >= 11 is 0. The van der Waals surface area contributed by atoms with Crippen LogP contribution in [0.4, 0.5) is 11.5 Å². The highest BCUT2D eigenvalue weighted by Crippen LogP contribution is 2.23. The molecule has 0 radical (unpaired) electrons. The number of nitrogens with one attached hydrogen (secondary N) is 1. The zero-order valence-corrected chi connectivity index (χ0v) is 6.59. The predicted octanol–water partition coefficient (Wildman–Crippen LogP) is 0.282. The van der Waals surface area contributed by atoms with E-state index in [1.54, 1.807) is 7.11 Å². The monoisotopic (exact) mass is 156 g/mol. The van der Waals surface area contributed by atoms with Gasteiger partial charge in [0.25, 0.3) is 0 Å². The van der Waals surface area contributed by atoms with Crippen molar-refractivity contribution in [1.82, 2.24) is 10.2 Å². The highest BCUT2D eigenvalue weighted by Gasteiger charge is 2.12. The van der Waals surface area contributed by atoms with Crippen LogP contribution in [0.5, 0.6) is 0 Å². The summed E-state index contributed by atoms with van der Waals surface area (Å²) in [7, 11) is 1.60. The number of rotatable bonds is 2. The Kier molecular flexibility index (Phi) is 2.00. The van der Waals surface area contributed by atoms with E-state index in [2.05, 4.69) is 10.2 Å². The van der Waals surface area contributed by atoms with Crippen LogP contribution in [0.3, 0.4) is 0 Å². The normalized spacial score (nSPS) is 13.3. The van der Waals surface area contributed by atoms with Gasteiger partial charge in [0, 0.05) is 7.11 Å². The Morgan fingerprint density at radius 2 is 2.18 bits per heavy atom. The Morgan fingerprint density at radius 1 is 1.55 bits per heavy atom. The van der Waals surface area contributed by atoms with E-state index in [-0.39, 0.29) is 6.10 Å². The molecule has 0 saturated heterocycles. The predicted molar refractivity (Wildman–Crippen MR) is 42.8 cm³/mol. The van der Waals surface area contributed by atoms with E-state index in [0.29, 0.717) is 11.5 Å². The van der Waals surface area contributed by atoms with Crippen molar-refractivity contribution in [1.29, 1.82) is 0 Å². The van der Waals surface area contributed by atoms with Crippen molar-refractivity contribution in [3.63, 3.8) is 0 Å². The molecule has 1 rings (SSSR count). The van der Waals surface area contributed by atoms with Gasteiger partial charge in [-0.25, -0.2) is 0 Å². The van der Waals surface area contributed by atoms with Crippen LogP contribution in [0.2, 0.25) is 0 Å². The van der Waals surface area contributed by atoms with E-state index in [1.807, 2.05) is 6.92 Å². The summed E-state index contributed by atoms with van der Waals surface area (Å²) in [6, 6.07) is 0. The van der Waals surface area contributed by atoms with Crippen molar-refractivity contribution >= 4 is 11.5 Å². The molecule has 5 heteroatoms. The Morgan fingerprint density at radius 3 is 2.55 bits per heavy atom. The number of nitrogens with two attached hydrogens (primary N) is 2. The molecule has 1 unspecified atom stereocenters. The van der Waals surface area contributed by atoms with Crippen molar-refractivity contribution < 1.29 is 4.74 Å². The zero-order chi connectivity index (χ0) is 8.43. The third-order valence-electron chi connectivity index (χ3n) is 1.62. The van der Waals surface area contributed by atoms with Gasteiger partial charge in [-0.3, -0.25) is 5.10 Å². The average Bonchev–Trinajstić information content (AvgIpc) is 2.32. The molecule has 1 aromatic heterocycles. The Hall–Kier alpha value is -1.23. The lowest BCUT2D eigenvalue weighted by molar-refractivity contribution is 0.116. The van der Waals surface area contributed by atoms with Crippen LogP contribution in [0.1, 0.15) is 18.7 Å². The minimum atomic E-state index is -0.0974. The molecule has 0 aliphatic heterocycles. The van der Waals surface area contributed by atoms with E-state index in [1.165, 1.54) is 0 Å². The third-order valence-corrected chi connectivity index (χ3v) is 1.62. The van der Waals surface area contributed by atoms with Gasteiger partial charge >= 0.3 is 0 Å². The molecule has 0 saturated carbocycles. The van der Waals surface area contributed by atoms with Crippen LogP contribution in [0.25, 0.3) is 0 Å². The highest BCUT2D eigenvalue weighted by atomic mass is 16.5. The first-order valence-electron chi connectivity index (χ1n) is 3.28. The molecule has 1 heterocycles. The topological polar surface area (TPSA) is 89.9 Å². The van der Waals surface area contributed by atoms with Crippen molar-refractivity contribution in [3.8, 4) is 0 Å². The maximum Gasteiger partial charge on any atom is 0.168 e. The van der Waals surface area contributed by atoms with Crippen LogP contribution in [0, 0.1) is 0 Å². The molecule has 11 heavy (non-hydrogen) atoms. The lowest BCUT2D eigenvalue weighted by Crippen LogP contribution is -2.00. The number of ether oxygens (including phenoxy) is 1. The second kappa shape index (κ2) is 2.79. The molecule has 5 nitrogen and oxygen atoms in total. The first kappa shape index (κ1) is 7.87. The molecule has 0 aromatic carbocycles.